The molecule has 3 heterocycles. The first-order valence-electron chi connectivity index (χ1n) is 20.5. The number of carbonyl (C=O) groups excluding carboxylic acids is 6. The van der Waals surface area contributed by atoms with E-state index in [4.69, 9.17) is 9.47 Å². The number of nitrogens with zero attached hydrogens (tertiary/aromatic N) is 2. The number of hydrogen-bond donors (Lipinski definition) is 1. The van der Waals surface area contributed by atoms with E-state index in [0.29, 0.717) is 29.2 Å². The van der Waals surface area contributed by atoms with Gasteiger partial charge in [-0.15, -0.1) is 0 Å². The number of halogens is 9. The number of ether oxygens (including phenoxy) is 2. The van der Waals surface area contributed by atoms with E-state index < -0.39 is 87.1 Å². The Hall–Kier alpha value is -8.55. The third-order valence-corrected chi connectivity index (χ3v) is 12.2. The highest BCUT2D eigenvalue weighted by molar-refractivity contribution is 6.34. The lowest BCUT2D eigenvalue weighted by Crippen LogP contribution is -2.54. The van der Waals surface area contributed by atoms with Crippen LogP contribution in [0.3, 0.4) is 0 Å². The van der Waals surface area contributed by atoms with Crippen molar-refractivity contribution in [1.29, 1.82) is 0 Å². The van der Waals surface area contributed by atoms with E-state index >= 15 is 0 Å². The van der Waals surface area contributed by atoms with Crippen molar-refractivity contribution in [1.82, 2.24) is 5.32 Å². The summed E-state index contributed by atoms with van der Waals surface area (Å²) in [5, 5.41) is 2.02. The van der Waals surface area contributed by atoms with Crippen LogP contribution < -0.4 is 24.6 Å². The molecule has 0 saturated carbocycles. The van der Waals surface area contributed by atoms with Gasteiger partial charge in [-0.1, -0.05) is 36.4 Å². The molecule has 1 atom stereocenters. The second-order valence-electron chi connectivity index (χ2n) is 16.2. The fourth-order valence-corrected chi connectivity index (χ4v) is 8.54. The highest BCUT2D eigenvalue weighted by Gasteiger charge is 2.72. The first-order chi connectivity index (χ1) is 32.9. The van der Waals surface area contributed by atoms with Gasteiger partial charge in [-0.25, -0.2) is 9.80 Å². The van der Waals surface area contributed by atoms with Gasteiger partial charge in [-0.2, -0.15) is 39.5 Å². The van der Waals surface area contributed by atoms with Crippen molar-refractivity contribution in [3.05, 3.63) is 190 Å². The number of amides is 6. The average molecular weight is 970 g/mol. The summed E-state index contributed by atoms with van der Waals surface area (Å²) >= 11 is 0. The maximum absolute atomic E-state index is 15.0. The van der Waals surface area contributed by atoms with Crippen LogP contribution in [0.2, 0.25) is 0 Å². The number of hydrogen-bond acceptors (Lipinski definition) is 8. The van der Waals surface area contributed by atoms with E-state index in [-0.39, 0.29) is 56.6 Å². The molecule has 11 nitrogen and oxygen atoms in total. The van der Waals surface area contributed by atoms with Gasteiger partial charge >= 0.3 is 18.5 Å². The van der Waals surface area contributed by atoms with Crippen LogP contribution in [0.1, 0.15) is 70.6 Å². The van der Waals surface area contributed by atoms with Gasteiger partial charge in [0.15, 0.2) is 0 Å². The van der Waals surface area contributed by atoms with E-state index in [1.54, 1.807) is 0 Å². The number of fused-ring (bicyclic) bond motifs is 2. The molecular weight excluding hydrogens is 942 g/mol. The molecule has 0 radical (unpaired) electrons. The molecule has 0 spiro atoms. The molecule has 3 aliphatic rings. The third kappa shape index (κ3) is 7.42. The van der Waals surface area contributed by atoms with E-state index in [2.05, 4.69) is 0 Å². The smallest absolute Gasteiger partial charge is 0.411 e. The zero-order valence-electron chi connectivity index (χ0n) is 35.4. The molecule has 354 valence electrons. The molecule has 9 rings (SSSR count). The fourth-order valence-electron chi connectivity index (χ4n) is 8.54. The summed E-state index contributed by atoms with van der Waals surface area (Å²) in [5.74, 6) is -5.00. The number of anilines is 2. The van der Waals surface area contributed by atoms with Crippen LogP contribution in [0.5, 0.6) is 23.0 Å². The molecule has 0 saturated heterocycles. The van der Waals surface area contributed by atoms with Crippen LogP contribution in [-0.4, -0.2) is 54.0 Å². The second-order valence-corrected chi connectivity index (χ2v) is 16.2. The number of carbonyl (C=O) groups is 6. The van der Waals surface area contributed by atoms with Crippen LogP contribution in [-0.2, 0) is 20.4 Å². The van der Waals surface area contributed by atoms with Gasteiger partial charge in [0.1, 0.15) is 28.4 Å². The van der Waals surface area contributed by atoms with Gasteiger partial charge in [0.2, 0.25) is 5.41 Å². The summed E-state index contributed by atoms with van der Waals surface area (Å²) in [6.07, 6.45) is -14.7. The number of rotatable bonds is 10. The minimum Gasteiger partial charge on any atom is -0.457 e. The van der Waals surface area contributed by atoms with Gasteiger partial charge < -0.3 is 9.47 Å². The Kier molecular flexibility index (Phi) is 10.8. The summed E-state index contributed by atoms with van der Waals surface area (Å²) in [6, 6.07) is 22.4. The summed E-state index contributed by atoms with van der Waals surface area (Å²) in [5.41, 5.74) is -11.5. The molecule has 1 N–H and O–H groups in total. The largest absolute Gasteiger partial charge is 0.457 e. The molecule has 0 bridgehead atoms. The molecular formula is C50H28F9N3O8. The Morgan fingerprint density at radius 3 is 1.19 bits per heavy atom. The lowest BCUT2D eigenvalue weighted by molar-refractivity contribution is -0.288. The summed E-state index contributed by atoms with van der Waals surface area (Å²) in [7, 11) is 0. The first-order valence-corrected chi connectivity index (χ1v) is 20.5. The molecule has 20 heteroatoms. The molecule has 3 aliphatic heterocycles. The second kappa shape index (κ2) is 16.3. The average Bonchev–Trinajstić information content (AvgIpc) is 3.89. The maximum Gasteiger partial charge on any atom is 0.411 e. The third-order valence-electron chi connectivity index (χ3n) is 12.2. The van der Waals surface area contributed by atoms with E-state index in [9.17, 15) is 68.3 Å². The molecule has 6 aromatic rings. The van der Waals surface area contributed by atoms with E-state index in [1.165, 1.54) is 48.5 Å². The topological polar surface area (TPSA) is 139 Å². The molecule has 0 fully saturated rings. The summed E-state index contributed by atoms with van der Waals surface area (Å²) in [4.78, 5) is 77.1. The molecule has 1 unspecified atom stereocenters. The fraction of sp³-hybridized carbons (Fsp3) is 0.120. The van der Waals surface area contributed by atoms with Gasteiger partial charge in [0.25, 0.3) is 35.4 Å². The van der Waals surface area contributed by atoms with Gasteiger partial charge in [-0.3, -0.25) is 34.1 Å². The Bertz CT molecular complexity index is 3190. The van der Waals surface area contributed by atoms with Crippen molar-refractivity contribution in [3.8, 4) is 23.0 Å². The standard InChI is InChI=1S/C50H28F9N3O8/c1-46(48(51,52)53,28-6-20-36-38(24-28)43(66)60-42(36)65)29-7-21-37-39(25-29)45(68)62(44(37)67)31-10-18-35(19-11-31)70-33-14-4-27(5-15-33)47(49(54,55)56,50(57,58)59)26-2-12-32(13-3-26)69-34-16-8-30(9-17-34)61-40(63)22-23-41(61)64/h2-25H,1H3,(H,60,65,66). The minimum absolute atomic E-state index is 0.0424. The zero-order valence-corrected chi connectivity index (χ0v) is 35.4. The van der Waals surface area contributed by atoms with E-state index in [0.717, 1.165) is 84.6 Å². The molecule has 6 amide bonds. The molecule has 0 aromatic heterocycles. The normalized spacial score (nSPS) is 15.9. The Balaban J connectivity index is 0.924. The van der Waals surface area contributed by atoms with Crippen LogP contribution >= 0.6 is 0 Å². The van der Waals surface area contributed by atoms with Crippen LogP contribution in [0.15, 0.2) is 146 Å². The summed E-state index contributed by atoms with van der Waals surface area (Å²) in [6.45, 7) is 0.824. The minimum atomic E-state index is -5.94. The zero-order chi connectivity index (χ0) is 50.3. The quantitative estimate of drug-likeness (QED) is 0.106. The number of nitrogens with one attached hydrogen (secondary N) is 1. The van der Waals surface area contributed by atoms with Crippen molar-refractivity contribution < 1.29 is 77.8 Å². The van der Waals surface area contributed by atoms with Crippen molar-refractivity contribution >= 4 is 46.8 Å². The van der Waals surface area contributed by atoms with Crippen molar-refractivity contribution in [3.63, 3.8) is 0 Å². The Labute approximate surface area is 388 Å². The highest BCUT2D eigenvalue weighted by atomic mass is 19.4. The summed E-state index contributed by atoms with van der Waals surface area (Å²) < 4.78 is 146. The van der Waals surface area contributed by atoms with E-state index in [1.807, 2.05) is 5.32 Å². The van der Waals surface area contributed by atoms with Gasteiger partial charge in [0, 0.05) is 12.2 Å². The lowest BCUT2D eigenvalue weighted by Gasteiger charge is -2.38. The van der Waals surface area contributed by atoms with Crippen molar-refractivity contribution in [2.45, 2.75) is 36.3 Å². The lowest BCUT2D eigenvalue weighted by atomic mass is 9.73. The van der Waals surface area contributed by atoms with Crippen LogP contribution in [0.25, 0.3) is 0 Å². The predicted octanol–water partition coefficient (Wildman–Crippen LogP) is 10.7. The molecule has 70 heavy (non-hydrogen) atoms. The number of benzene rings is 6. The SMILES string of the molecule is CC(c1ccc2c(c1)C(=O)NC2=O)(c1ccc2c(c1)C(=O)N(c1ccc(Oc3ccc(C(c4ccc(Oc5ccc(N6C(=O)C=CC6=O)cc5)cc4)(C(F)(F)F)C(F)(F)F)cc3)cc1)C2=O)C(F)(F)F. The van der Waals surface area contributed by atoms with Crippen molar-refractivity contribution in [2.75, 3.05) is 9.80 Å². The first kappa shape index (κ1) is 46.6. The van der Waals surface area contributed by atoms with Crippen LogP contribution in [0, 0.1) is 0 Å². The molecule has 0 aliphatic carbocycles. The number of imide groups is 3. The predicted molar refractivity (Wildman–Crippen MR) is 229 cm³/mol. The van der Waals surface area contributed by atoms with Crippen LogP contribution in [0.4, 0.5) is 50.9 Å². The monoisotopic (exact) mass is 969 g/mol. The highest BCUT2D eigenvalue weighted by Crippen LogP contribution is 2.57. The Morgan fingerprint density at radius 2 is 0.757 bits per heavy atom. The van der Waals surface area contributed by atoms with Gasteiger partial charge in [-0.05, 0) is 126 Å². The Morgan fingerprint density at radius 1 is 0.400 bits per heavy atom. The van der Waals surface area contributed by atoms with Crippen molar-refractivity contribution in [2.24, 2.45) is 0 Å². The maximum atomic E-state index is 15.0. The van der Waals surface area contributed by atoms with Gasteiger partial charge in [0.05, 0.1) is 33.6 Å². The number of alkyl halides is 9. The molecule has 6 aromatic carbocycles.